The fourth-order valence-electron chi connectivity index (χ4n) is 0.328. The van der Waals surface area contributed by atoms with Crippen molar-refractivity contribution in [3.05, 3.63) is 0 Å². The van der Waals surface area contributed by atoms with Gasteiger partial charge in [0, 0.05) is 6.42 Å². The van der Waals surface area contributed by atoms with Gasteiger partial charge in [0.15, 0.2) is 0 Å². The first-order valence-corrected chi connectivity index (χ1v) is 5.42. The minimum Gasteiger partial charge on any atom is -0.481 e. The number of rotatable bonds is 3. The lowest BCUT2D eigenvalue weighted by atomic mass is 10.3. The molecule has 13 heavy (non-hydrogen) atoms. The zero-order valence-electron chi connectivity index (χ0n) is 7.69. The highest BCUT2D eigenvalue weighted by Crippen LogP contribution is 1.91. The van der Waals surface area contributed by atoms with Crippen LogP contribution < -0.4 is 5.14 Å². The molecule has 3 N–H and O–H groups in total. The fourth-order valence-corrected chi connectivity index (χ4v) is 0.328. The van der Waals surface area contributed by atoms with Gasteiger partial charge in [0.1, 0.15) is 0 Å². The highest BCUT2D eigenvalue weighted by molar-refractivity contribution is 7.88. The van der Waals surface area contributed by atoms with E-state index in [9.17, 15) is 13.2 Å². The molecule has 0 aromatic rings. The van der Waals surface area contributed by atoms with Crippen molar-refractivity contribution in [1.29, 1.82) is 0 Å². The van der Waals surface area contributed by atoms with E-state index >= 15 is 0 Å². The van der Waals surface area contributed by atoms with Crippen molar-refractivity contribution in [3.8, 4) is 0 Å². The number of carboxylic acids is 1. The summed E-state index contributed by atoms with van der Waals surface area (Å²) in [5.74, 6) is -0.693. The molecule has 0 aromatic carbocycles. The number of unbranched alkanes of at least 4 members (excludes halogenated alkanes) is 1. The first-order chi connectivity index (χ1) is 5.27. The Kier molecular flexibility index (Phi) is 13.8. The normalized spacial score (nSPS) is 9.15. The van der Waals surface area contributed by atoms with Crippen LogP contribution >= 0.6 is 12.4 Å². The summed E-state index contributed by atoms with van der Waals surface area (Å²) in [6.45, 7) is 1.98. The van der Waals surface area contributed by atoms with Gasteiger partial charge in [-0.1, -0.05) is 13.3 Å². The number of primary sulfonamides is 1. The second-order valence-corrected chi connectivity index (χ2v) is 3.99. The SMILES string of the molecule is CCCCC(=O)O.CS(N)(=O)=O.Cl. The minimum atomic E-state index is -3.17. The van der Waals surface area contributed by atoms with Crippen LogP contribution in [0.25, 0.3) is 0 Å². The van der Waals surface area contributed by atoms with E-state index in [2.05, 4.69) is 5.14 Å². The molecule has 0 rings (SSSR count). The molecule has 5 nitrogen and oxygen atoms in total. The molecule has 0 aromatic heterocycles. The van der Waals surface area contributed by atoms with Gasteiger partial charge in [-0.3, -0.25) is 4.79 Å². The minimum absolute atomic E-state index is 0. The van der Waals surface area contributed by atoms with E-state index in [1.165, 1.54) is 0 Å². The Hall–Kier alpha value is -0.330. The zero-order valence-corrected chi connectivity index (χ0v) is 9.32. The van der Waals surface area contributed by atoms with Crippen LogP contribution in [0, 0.1) is 0 Å². The van der Waals surface area contributed by atoms with Gasteiger partial charge in [0.2, 0.25) is 10.0 Å². The van der Waals surface area contributed by atoms with Crippen molar-refractivity contribution < 1.29 is 18.3 Å². The summed E-state index contributed by atoms with van der Waals surface area (Å²) < 4.78 is 18.8. The Balaban J connectivity index is -0.000000150. The fraction of sp³-hybridized carbons (Fsp3) is 0.833. The number of carboxylic acid groups (broad SMARTS) is 1. The average molecular weight is 234 g/mol. The Morgan fingerprint density at radius 3 is 1.85 bits per heavy atom. The number of hydrogen-bond acceptors (Lipinski definition) is 3. The summed E-state index contributed by atoms with van der Waals surface area (Å²) in [5.41, 5.74) is 0. The van der Waals surface area contributed by atoms with E-state index in [0.717, 1.165) is 19.1 Å². The molecular formula is C6H16ClNO4S. The van der Waals surface area contributed by atoms with E-state index < -0.39 is 16.0 Å². The van der Waals surface area contributed by atoms with Gasteiger partial charge < -0.3 is 5.11 Å². The molecule has 0 fully saturated rings. The highest BCUT2D eigenvalue weighted by atomic mass is 35.5. The first kappa shape index (κ1) is 18.5. The molecule has 0 aliphatic heterocycles. The largest absolute Gasteiger partial charge is 0.481 e. The first-order valence-electron chi connectivity index (χ1n) is 3.47. The summed E-state index contributed by atoms with van der Waals surface area (Å²) in [6.07, 6.45) is 3.02. The molecular weight excluding hydrogens is 218 g/mol. The molecule has 0 aliphatic carbocycles. The van der Waals surface area contributed by atoms with Gasteiger partial charge in [-0.25, -0.2) is 13.6 Å². The third-order valence-corrected chi connectivity index (χ3v) is 0.744. The van der Waals surface area contributed by atoms with Crippen LogP contribution in [0.5, 0.6) is 0 Å². The predicted molar refractivity (Wildman–Crippen MR) is 53.4 cm³/mol. The van der Waals surface area contributed by atoms with Crippen molar-refractivity contribution in [2.75, 3.05) is 6.26 Å². The van der Waals surface area contributed by atoms with Crippen molar-refractivity contribution in [2.24, 2.45) is 5.14 Å². The quantitative estimate of drug-likeness (QED) is 0.745. The molecule has 0 spiro atoms. The average Bonchev–Trinajstić information content (AvgIpc) is 1.79. The number of aliphatic carboxylic acids is 1. The second-order valence-electron chi connectivity index (χ2n) is 2.33. The van der Waals surface area contributed by atoms with Crippen molar-refractivity contribution in [3.63, 3.8) is 0 Å². The lowest BCUT2D eigenvalue weighted by Crippen LogP contribution is -2.07. The number of nitrogens with two attached hydrogens (primary N) is 1. The highest BCUT2D eigenvalue weighted by Gasteiger charge is 1.90. The number of sulfonamides is 1. The maximum Gasteiger partial charge on any atom is 0.303 e. The molecule has 0 amide bonds. The van der Waals surface area contributed by atoms with Crippen LogP contribution in [-0.4, -0.2) is 25.7 Å². The van der Waals surface area contributed by atoms with Crippen molar-refractivity contribution >= 4 is 28.4 Å². The molecule has 0 aliphatic rings. The Bertz CT molecular complexity index is 207. The Labute approximate surface area is 84.8 Å². The molecule has 0 radical (unpaired) electrons. The summed E-state index contributed by atoms with van der Waals surface area (Å²) >= 11 is 0. The molecule has 0 saturated heterocycles. The van der Waals surface area contributed by atoms with Crippen LogP contribution in [-0.2, 0) is 14.8 Å². The van der Waals surface area contributed by atoms with Crippen LogP contribution in [0.2, 0.25) is 0 Å². The lowest BCUT2D eigenvalue weighted by molar-refractivity contribution is -0.137. The summed E-state index contributed by atoms with van der Waals surface area (Å²) in [4.78, 5) is 9.76. The number of hydrogen-bond donors (Lipinski definition) is 2. The van der Waals surface area contributed by atoms with Gasteiger partial charge in [-0.2, -0.15) is 0 Å². The van der Waals surface area contributed by atoms with Crippen LogP contribution in [0.1, 0.15) is 26.2 Å². The molecule has 0 atom stereocenters. The summed E-state index contributed by atoms with van der Waals surface area (Å²) in [6, 6.07) is 0. The maximum atomic E-state index is 9.76. The van der Waals surface area contributed by atoms with Crippen LogP contribution in [0.3, 0.4) is 0 Å². The van der Waals surface area contributed by atoms with Gasteiger partial charge in [-0.15, -0.1) is 12.4 Å². The predicted octanol–water partition coefficient (Wildman–Crippen LogP) is 0.588. The summed E-state index contributed by atoms with van der Waals surface area (Å²) in [5, 5.41) is 12.4. The van der Waals surface area contributed by atoms with E-state index in [1.54, 1.807) is 0 Å². The number of carbonyl (C=O) groups is 1. The Morgan fingerprint density at radius 1 is 1.46 bits per heavy atom. The van der Waals surface area contributed by atoms with E-state index in [0.29, 0.717) is 6.42 Å². The van der Waals surface area contributed by atoms with Crippen molar-refractivity contribution in [1.82, 2.24) is 0 Å². The zero-order chi connectivity index (χ0) is 10.2. The molecule has 0 bridgehead atoms. The van der Waals surface area contributed by atoms with E-state index in [4.69, 9.17) is 5.11 Å². The van der Waals surface area contributed by atoms with Crippen LogP contribution in [0.4, 0.5) is 0 Å². The second kappa shape index (κ2) is 9.76. The van der Waals surface area contributed by atoms with Gasteiger partial charge in [0.05, 0.1) is 6.26 Å². The molecule has 82 valence electrons. The summed E-state index contributed by atoms with van der Waals surface area (Å²) in [7, 11) is -3.17. The number of halogens is 1. The van der Waals surface area contributed by atoms with E-state index in [-0.39, 0.29) is 12.4 Å². The third kappa shape index (κ3) is 81.0. The van der Waals surface area contributed by atoms with Gasteiger partial charge in [0.25, 0.3) is 0 Å². The maximum absolute atomic E-state index is 9.76. The van der Waals surface area contributed by atoms with Gasteiger partial charge in [-0.05, 0) is 6.42 Å². The van der Waals surface area contributed by atoms with Crippen LogP contribution in [0.15, 0.2) is 0 Å². The molecule has 7 heteroatoms. The van der Waals surface area contributed by atoms with Gasteiger partial charge >= 0.3 is 5.97 Å². The molecule has 0 unspecified atom stereocenters. The standard InChI is InChI=1S/C5H10O2.CH5NO2S.ClH/c1-2-3-4-5(6)7;1-5(2,3)4;/h2-4H2,1H3,(H,6,7);1H3,(H2,2,3,4);1H. The smallest absolute Gasteiger partial charge is 0.303 e. The Morgan fingerprint density at radius 2 is 1.77 bits per heavy atom. The van der Waals surface area contributed by atoms with Crippen molar-refractivity contribution in [2.45, 2.75) is 26.2 Å². The molecule has 0 saturated carbocycles. The van der Waals surface area contributed by atoms with E-state index in [1.807, 2.05) is 6.92 Å². The third-order valence-electron chi connectivity index (χ3n) is 0.744. The monoisotopic (exact) mass is 233 g/mol. The lowest BCUT2D eigenvalue weighted by Gasteiger charge is -1.85. The molecule has 0 heterocycles. The topological polar surface area (TPSA) is 97.5 Å².